The zero-order valence-corrected chi connectivity index (χ0v) is 10.8. The number of nitrogens with zero attached hydrogens (tertiary/aromatic N) is 1. The maximum atomic E-state index is 11.4. The maximum absolute atomic E-state index is 11.4. The quantitative estimate of drug-likeness (QED) is 0.679. The van der Waals surface area contributed by atoms with E-state index in [2.05, 4.69) is 4.72 Å². The maximum Gasteiger partial charge on any atom is 0.236 e. The number of amides is 1. The van der Waals surface area contributed by atoms with Crippen LogP contribution in [0.25, 0.3) is 0 Å². The lowest BCUT2D eigenvalue weighted by Crippen LogP contribution is -2.44. The number of carbonyl (C=O) groups excluding carboxylic acids is 1. The van der Waals surface area contributed by atoms with E-state index in [0.717, 1.165) is 12.8 Å². The van der Waals surface area contributed by atoms with E-state index in [1.54, 1.807) is 4.90 Å². The van der Waals surface area contributed by atoms with Gasteiger partial charge in [0.05, 0.1) is 12.3 Å². The molecule has 0 bridgehead atoms. The predicted octanol–water partition coefficient (Wildman–Crippen LogP) is -1.09. The number of likely N-dealkylation sites (tertiary alicyclic amines) is 1. The van der Waals surface area contributed by atoms with Crippen LogP contribution in [-0.2, 0) is 14.8 Å². The van der Waals surface area contributed by atoms with E-state index >= 15 is 0 Å². The molecule has 96 valence electrons. The fraction of sp³-hybridized carbons (Fsp3) is 0.875. The second kappa shape index (κ2) is 6.39. The van der Waals surface area contributed by atoms with Crippen LogP contribution in [0.2, 0.25) is 0 Å². The minimum atomic E-state index is -3.26. The number of hydrogen-bond acceptors (Lipinski definition) is 4. The lowest BCUT2D eigenvalue weighted by atomic mass is 10.2. The average Bonchev–Trinajstić information content (AvgIpc) is 2.64. The molecule has 1 atom stereocenters. The van der Waals surface area contributed by atoms with Gasteiger partial charge in [-0.2, -0.15) is 0 Å². The van der Waals surface area contributed by atoms with Crippen LogP contribution in [0, 0.1) is 0 Å². The lowest BCUT2D eigenvalue weighted by Gasteiger charge is -2.23. The predicted molar refractivity (Wildman–Crippen MR) is 63.9 cm³/mol. The topological polar surface area (TPSA) is 92.5 Å². The number of carbonyl (C=O) groups is 1. The van der Waals surface area contributed by atoms with Crippen molar-refractivity contribution in [1.29, 1.82) is 0 Å². The molecule has 0 spiro atoms. The molecule has 1 rings (SSSR count). The molecule has 1 unspecified atom stereocenters. The van der Waals surface area contributed by atoms with E-state index in [1.165, 1.54) is 7.05 Å². The highest BCUT2D eigenvalue weighted by molar-refractivity contribution is 7.89. The highest BCUT2D eigenvalue weighted by Gasteiger charge is 2.31. The molecule has 16 heavy (non-hydrogen) atoms. The van der Waals surface area contributed by atoms with Crippen LogP contribution in [0.3, 0.4) is 0 Å². The van der Waals surface area contributed by atoms with Crippen LogP contribution >= 0.6 is 12.4 Å². The Morgan fingerprint density at radius 3 is 2.69 bits per heavy atom. The van der Waals surface area contributed by atoms with E-state index < -0.39 is 10.0 Å². The Morgan fingerprint density at radius 2 is 2.19 bits per heavy atom. The lowest BCUT2D eigenvalue weighted by molar-refractivity contribution is -0.130. The first kappa shape index (κ1) is 15.6. The summed E-state index contributed by atoms with van der Waals surface area (Å²) in [6, 6.07) is -0.224. The van der Waals surface area contributed by atoms with Crippen molar-refractivity contribution >= 4 is 28.3 Å². The van der Waals surface area contributed by atoms with Crippen molar-refractivity contribution < 1.29 is 13.2 Å². The third-order valence-electron chi connectivity index (χ3n) is 2.59. The Bertz CT molecular complexity index is 333. The van der Waals surface area contributed by atoms with Gasteiger partial charge in [0.2, 0.25) is 15.9 Å². The summed E-state index contributed by atoms with van der Waals surface area (Å²) in [5.41, 5.74) is 5.25. The smallest absolute Gasteiger partial charge is 0.236 e. The first-order chi connectivity index (χ1) is 7.00. The number of sulfonamides is 1. The summed E-state index contributed by atoms with van der Waals surface area (Å²) in [5, 5.41) is 0. The summed E-state index contributed by atoms with van der Waals surface area (Å²) < 4.78 is 24.9. The van der Waals surface area contributed by atoms with Gasteiger partial charge in [-0.3, -0.25) is 4.79 Å². The SMILES string of the molecule is CNS(=O)(=O)CC1CCCN1C(=O)CN.Cl. The molecule has 0 saturated carbocycles. The monoisotopic (exact) mass is 271 g/mol. The van der Waals surface area contributed by atoms with Gasteiger partial charge in [-0.15, -0.1) is 12.4 Å². The van der Waals surface area contributed by atoms with Crippen LogP contribution in [0.15, 0.2) is 0 Å². The van der Waals surface area contributed by atoms with Crippen molar-refractivity contribution in [3.8, 4) is 0 Å². The van der Waals surface area contributed by atoms with Crippen LogP contribution < -0.4 is 10.5 Å². The molecular weight excluding hydrogens is 254 g/mol. The van der Waals surface area contributed by atoms with Gasteiger partial charge in [-0.1, -0.05) is 0 Å². The van der Waals surface area contributed by atoms with E-state index in [0.29, 0.717) is 6.54 Å². The Labute approximate surface area is 102 Å². The largest absolute Gasteiger partial charge is 0.338 e. The summed E-state index contributed by atoms with van der Waals surface area (Å²) in [4.78, 5) is 12.9. The fourth-order valence-corrected chi connectivity index (χ4v) is 2.81. The van der Waals surface area contributed by atoms with E-state index in [4.69, 9.17) is 5.73 Å². The molecule has 1 heterocycles. The van der Waals surface area contributed by atoms with Gasteiger partial charge in [0, 0.05) is 12.6 Å². The summed E-state index contributed by atoms with van der Waals surface area (Å²) in [7, 11) is -1.89. The van der Waals surface area contributed by atoms with E-state index in [9.17, 15) is 13.2 Å². The minimum Gasteiger partial charge on any atom is -0.338 e. The molecule has 0 aromatic carbocycles. The van der Waals surface area contributed by atoms with Crippen LogP contribution in [0.4, 0.5) is 0 Å². The normalized spacial score (nSPS) is 20.6. The second-order valence-corrected chi connectivity index (χ2v) is 5.54. The standard InChI is InChI=1S/C8H17N3O3S.ClH/c1-10-15(13,14)6-7-3-2-4-11(7)8(12)5-9;/h7,10H,2-6,9H2,1H3;1H. The molecule has 0 radical (unpaired) electrons. The first-order valence-electron chi connectivity index (χ1n) is 4.91. The average molecular weight is 272 g/mol. The molecular formula is C8H18ClN3O3S. The minimum absolute atomic E-state index is 0. The van der Waals surface area contributed by atoms with E-state index in [1.807, 2.05) is 0 Å². The van der Waals surface area contributed by atoms with Crippen LogP contribution in [-0.4, -0.2) is 51.2 Å². The van der Waals surface area contributed by atoms with Crippen LogP contribution in [0.5, 0.6) is 0 Å². The molecule has 6 nitrogen and oxygen atoms in total. The summed E-state index contributed by atoms with van der Waals surface area (Å²) >= 11 is 0. The van der Waals surface area contributed by atoms with Crippen molar-refractivity contribution in [2.45, 2.75) is 18.9 Å². The highest BCUT2D eigenvalue weighted by atomic mass is 35.5. The number of nitrogens with one attached hydrogen (secondary N) is 1. The van der Waals surface area contributed by atoms with Gasteiger partial charge in [0.1, 0.15) is 0 Å². The van der Waals surface area contributed by atoms with Crippen molar-refractivity contribution in [3.63, 3.8) is 0 Å². The molecule has 8 heteroatoms. The Morgan fingerprint density at radius 1 is 1.56 bits per heavy atom. The molecule has 1 saturated heterocycles. The van der Waals surface area contributed by atoms with E-state index in [-0.39, 0.29) is 36.7 Å². The van der Waals surface area contributed by atoms with Crippen molar-refractivity contribution in [1.82, 2.24) is 9.62 Å². The highest BCUT2D eigenvalue weighted by Crippen LogP contribution is 2.18. The molecule has 1 fully saturated rings. The number of rotatable bonds is 4. The third-order valence-corrected chi connectivity index (χ3v) is 4.04. The molecule has 0 aliphatic carbocycles. The van der Waals surface area contributed by atoms with Crippen molar-refractivity contribution in [3.05, 3.63) is 0 Å². The van der Waals surface area contributed by atoms with Crippen molar-refractivity contribution in [2.24, 2.45) is 5.73 Å². The number of halogens is 1. The molecule has 1 aliphatic heterocycles. The molecule has 0 aromatic rings. The third kappa shape index (κ3) is 3.89. The summed E-state index contributed by atoms with van der Waals surface area (Å²) in [5.74, 6) is -0.210. The summed E-state index contributed by atoms with van der Waals surface area (Å²) in [6.07, 6.45) is 1.57. The molecule has 3 N–H and O–H groups in total. The van der Waals surface area contributed by atoms with Crippen LogP contribution in [0.1, 0.15) is 12.8 Å². The Kier molecular flexibility index (Phi) is 6.24. The number of nitrogens with two attached hydrogens (primary N) is 1. The number of hydrogen-bond donors (Lipinski definition) is 2. The second-order valence-electron chi connectivity index (χ2n) is 3.57. The molecule has 1 aliphatic rings. The molecule has 1 amide bonds. The Hall–Kier alpha value is -0.370. The Balaban J connectivity index is 0.00000225. The zero-order chi connectivity index (χ0) is 11.5. The van der Waals surface area contributed by atoms with Gasteiger partial charge >= 0.3 is 0 Å². The van der Waals surface area contributed by atoms with Gasteiger partial charge in [0.25, 0.3) is 0 Å². The molecule has 0 aromatic heterocycles. The van der Waals surface area contributed by atoms with Gasteiger partial charge < -0.3 is 10.6 Å². The zero-order valence-electron chi connectivity index (χ0n) is 9.18. The van der Waals surface area contributed by atoms with Gasteiger partial charge in [-0.05, 0) is 19.9 Å². The first-order valence-corrected chi connectivity index (χ1v) is 6.56. The van der Waals surface area contributed by atoms with Crippen molar-refractivity contribution in [2.75, 3.05) is 25.9 Å². The van der Waals surface area contributed by atoms with Gasteiger partial charge in [-0.25, -0.2) is 13.1 Å². The van der Waals surface area contributed by atoms with Gasteiger partial charge in [0.15, 0.2) is 0 Å². The summed E-state index contributed by atoms with van der Waals surface area (Å²) in [6.45, 7) is 0.552. The fourth-order valence-electron chi connectivity index (χ4n) is 1.79.